The monoisotopic (exact) mass is 348 g/mol. The molecule has 0 spiro atoms. The minimum absolute atomic E-state index is 0.143. The number of carbonyl (C=O) groups excluding carboxylic acids is 3. The van der Waals surface area contributed by atoms with Gasteiger partial charge in [0.15, 0.2) is 0 Å². The standard InChI is InChI=1S/C15H16N4O4S/c16-9(13(17)20)7-23-14(21)12-10(19-15(18)22)6-11(24-12)8-4-2-1-3-5-8/h1-6,9H,7,16H2,(H2,17,20)(H3,18,19,22)/t9-/m1/s1. The second-order valence-corrected chi connectivity index (χ2v) is 5.87. The summed E-state index contributed by atoms with van der Waals surface area (Å²) < 4.78 is 4.98. The van der Waals surface area contributed by atoms with Crippen LogP contribution >= 0.6 is 11.3 Å². The molecule has 2 aromatic rings. The van der Waals surface area contributed by atoms with Gasteiger partial charge in [0.1, 0.15) is 17.5 Å². The van der Waals surface area contributed by atoms with Crippen LogP contribution in [0.3, 0.4) is 0 Å². The van der Waals surface area contributed by atoms with Crippen molar-refractivity contribution in [1.82, 2.24) is 0 Å². The molecule has 1 aromatic carbocycles. The number of hydrogen-bond acceptors (Lipinski definition) is 6. The second-order valence-electron chi connectivity index (χ2n) is 4.82. The number of nitrogens with one attached hydrogen (secondary N) is 1. The van der Waals surface area contributed by atoms with Crippen molar-refractivity contribution < 1.29 is 19.1 Å². The van der Waals surface area contributed by atoms with E-state index in [9.17, 15) is 14.4 Å². The van der Waals surface area contributed by atoms with Gasteiger partial charge >= 0.3 is 12.0 Å². The first-order valence-electron chi connectivity index (χ1n) is 6.86. The second kappa shape index (κ2) is 7.57. The third-order valence-electron chi connectivity index (χ3n) is 2.99. The van der Waals surface area contributed by atoms with Gasteiger partial charge in [-0.05, 0) is 11.6 Å². The number of hydrogen-bond donors (Lipinski definition) is 4. The third kappa shape index (κ3) is 4.31. The van der Waals surface area contributed by atoms with Crippen LogP contribution < -0.4 is 22.5 Å². The quantitative estimate of drug-likeness (QED) is 0.571. The largest absolute Gasteiger partial charge is 0.459 e. The van der Waals surface area contributed by atoms with Crippen molar-refractivity contribution in [2.75, 3.05) is 11.9 Å². The summed E-state index contributed by atoms with van der Waals surface area (Å²) in [6, 6.07) is 8.98. The molecule has 2 rings (SSSR count). The highest BCUT2D eigenvalue weighted by atomic mass is 32.1. The SMILES string of the molecule is NC(=O)Nc1cc(-c2ccccc2)sc1C(=O)OC[C@@H](N)C(N)=O. The van der Waals surface area contributed by atoms with Crippen molar-refractivity contribution >= 4 is 34.9 Å². The van der Waals surface area contributed by atoms with Gasteiger partial charge in [-0.3, -0.25) is 4.79 Å². The van der Waals surface area contributed by atoms with Gasteiger partial charge in [0.05, 0.1) is 5.69 Å². The molecule has 1 heterocycles. The molecule has 9 heteroatoms. The molecule has 7 N–H and O–H groups in total. The van der Waals surface area contributed by atoms with E-state index >= 15 is 0 Å². The normalized spacial score (nSPS) is 11.5. The van der Waals surface area contributed by atoms with E-state index in [0.29, 0.717) is 0 Å². The van der Waals surface area contributed by atoms with Crippen molar-refractivity contribution in [2.24, 2.45) is 17.2 Å². The lowest BCUT2D eigenvalue weighted by atomic mass is 10.2. The number of esters is 1. The molecular formula is C15H16N4O4S. The highest BCUT2D eigenvalue weighted by Crippen LogP contribution is 2.35. The Morgan fingerprint density at radius 3 is 2.42 bits per heavy atom. The van der Waals surface area contributed by atoms with Crippen LogP contribution in [0.2, 0.25) is 0 Å². The van der Waals surface area contributed by atoms with E-state index in [1.54, 1.807) is 6.07 Å². The number of anilines is 1. The first-order valence-corrected chi connectivity index (χ1v) is 7.68. The van der Waals surface area contributed by atoms with Crippen LogP contribution in [0.15, 0.2) is 36.4 Å². The average Bonchev–Trinajstić information content (AvgIpc) is 2.96. The fourth-order valence-corrected chi connectivity index (χ4v) is 2.84. The molecule has 8 nitrogen and oxygen atoms in total. The molecule has 1 atom stereocenters. The number of primary amides is 2. The van der Waals surface area contributed by atoms with Crippen LogP contribution in [0.4, 0.5) is 10.5 Å². The van der Waals surface area contributed by atoms with Crippen LogP contribution in [-0.4, -0.2) is 30.6 Å². The highest BCUT2D eigenvalue weighted by Gasteiger charge is 2.21. The number of rotatable bonds is 6. The number of nitrogens with two attached hydrogens (primary N) is 3. The first kappa shape index (κ1) is 17.4. The molecule has 3 amide bonds. The van der Waals surface area contributed by atoms with Gasteiger partial charge in [-0.2, -0.15) is 0 Å². The van der Waals surface area contributed by atoms with E-state index in [4.69, 9.17) is 21.9 Å². The number of carbonyl (C=O) groups is 3. The van der Waals surface area contributed by atoms with Gasteiger partial charge < -0.3 is 27.3 Å². The Bertz CT molecular complexity index is 760. The van der Waals surface area contributed by atoms with E-state index in [1.807, 2.05) is 30.3 Å². The highest BCUT2D eigenvalue weighted by molar-refractivity contribution is 7.18. The molecule has 0 fully saturated rings. The molecule has 0 bridgehead atoms. The molecule has 0 aliphatic rings. The Balaban J connectivity index is 2.26. The van der Waals surface area contributed by atoms with Crippen molar-refractivity contribution in [1.29, 1.82) is 0 Å². The van der Waals surface area contributed by atoms with E-state index in [1.165, 1.54) is 0 Å². The van der Waals surface area contributed by atoms with Crippen molar-refractivity contribution in [3.63, 3.8) is 0 Å². The average molecular weight is 348 g/mol. The van der Waals surface area contributed by atoms with Gasteiger partial charge in [-0.15, -0.1) is 11.3 Å². The zero-order chi connectivity index (χ0) is 17.7. The predicted molar refractivity (Wildman–Crippen MR) is 90.4 cm³/mol. The Labute approximate surface area is 141 Å². The maximum Gasteiger partial charge on any atom is 0.350 e. The van der Waals surface area contributed by atoms with Crippen LogP contribution in [0.1, 0.15) is 9.67 Å². The number of amides is 3. The Hall–Kier alpha value is -2.91. The summed E-state index contributed by atoms with van der Waals surface area (Å²) in [5, 5.41) is 2.38. The van der Waals surface area contributed by atoms with Gasteiger partial charge in [0.25, 0.3) is 0 Å². The van der Waals surface area contributed by atoms with E-state index < -0.39 is 23.9 Å². The minimum atomic E-state index is -1.10. The topological polar surface area (TPSA) is 151 Å². The molecule has 0 radical (unpaired) electrons. The molecule has 0 aliphatic carbocycles. The third-order valence-corrected chi connectivity index (χ3v) is 4.16. The van der Waals surface area contributed by atoms with Crippen molar-refractivity contribution in [3.05, 3.63) is 41.3 Å². The Morgan fingerprint density at radius 2 is 1.83 bits per heavy atom. The van der Waals surface area contributed by atoms with E-state index in [-0.39, 0.29) is 17.2 Å². The molecule has 1 aromatic heterocycles. The summed E-state index contributed by atoms with van der Waals surface area (Å²) in [7, 11) is 0. The smallest absolute Gasteiger partial charge is 0.350 e. The summed E-state index contributed by atoms with van der Waals surface area (Å²) in [4.78, 5) is 35.1. The molecule has 0 saturated heterocycles. The van der Waals surface area contributed by atoms with Crippen LogP contribution in [-0.2, 0) is 9.53 Å². The molecule has 0 aliphatic heterocycles. The lowest BCUT2D eigenvalue weighted by Gasteiger charge is -2.08. The maximum atomic E-state index is 12.2. The number of urea groups is 1. The summed E-state index contributed by atoms with van der Waals surface area (Å²) in [5.41, 5.74) is 16.6. The van der Waals surface area contributed by atoms with Crippen LogP contribution in [0.25, 0.3) is 10.4 Å². The van der Waals surface area contributed by atoms with Crippen LogP contribution in [0, 0.1) is 0 Å². The van der Waals surface area contributed by atoms with Gasteiger partial charge in [0, 0.05) is 4.88 Å². The lowest BCUT2D eigenvalue weighted by Crippen LogP contribution is -2.40. The Morgan fingerprint density at radius 1 is 1.17 bits per heavy atom. The minimum Gasteiger partial charge on any atom is -0.459 e. The van der Waals surface area contributed by atoms with Crippen LogP contribution in [0.5, 0.6) is 0 Å². The fraction of sp³-hybridized carbons (Fsp3) is 0.133. The molecule has 24 heavy (non-hydrogen) atoms. The zero-order valence-corrected chi connectivity index (χ0v) is 13.3. The zero-order valence-electron chi connectivity index (χ0n) is 12.5. The summed E-state index contributed by atoms with van der Waals surface area (Å²) in [6.45, 7) is -0.358. The summed E-state index contributed by atoms with van der Waals surface area (Å²) in [5.74, 6) is -1.52. The van der Waals surface area contributed by atoms with Crippen molar-refractivity contribution in [2.45, 2.75) is 6.04 Å². The van der Waals surface area contributed by atoms with Gasteiger partial charge in [-0.1, -0.05) is 30.3 Å². The molecular weight excluding hydrogens is 332 g/mol. The molecule has 0 unspecified atom stereocenters. The van der Waals surface area contributed by atoms with Gasteiger partial charge in [0.2, 0.25) is 5.91 Å². The number of ether oxygens (including phenoxy) is 1. The predicted octanol–water partition coefficient (Wildman–Crippen LogP) is 0.875. The van der Waals surface area contributed by atoms with E-state index in [0.717, 1.165) is 21.8 Å². The summed E-state index contributed by atoms with van der Waals surface area (Å²) >= 11 is 1.12. The van der Waals surface area contributed by atoms with E-state index in [2.05, 4.69) is 5.32 Å². The molecule has 126 valence electrons. The maximum absolute atomic E-state index is 12.2. The number of benzene rings is 1. The Kier molecular flexibility index (Phi) is 5.51. The first-order chi connectivity index (χ1) is 11.4. The summed E-state index contributed by atoms with van der Waals surface area (Å²) in [6.07, 6.45) is 0. The fourth-order valence-electron chi connectivity index (χ4n) is 1.83. The molecule has 0 saturated carbocycles. The lowest BCUT2D eigenvalue weighted by molar-refractivity contribution is -0.120. The van der Waals surface area contributed by atoms with Gasteiger partial charge in [-0.25, -0.2) is 9.59 Å². The van der Waals surface area contributed by atoms with Crippen molar-refractivity contribution in [3.8, 4) is 10.4 Å². The number of thiophene rings is 1.